The fourth-order valence-electron chi connectivity index (χ4n) is 0.660. The van der Waals surface area contributed by atoms with Crippen LogP contribution < -0.4 is 10.5 Å². The highest BCUT2D eigenvalue weighted by atomic mass is 35.5. The number of halogens is 3. The van der Waals surface area contributed by atoms with Crippen LogP contribution in [0, 0.1) is 0 Å². The molecule has 0 spiro atoms. The molecule has 0 aliphatic carbocycles. The van der Waals surface area contributed by atoms with Gasteiger partial charge in [0.15, 0.2) is 10.9 Å². The van der Waals surface area contributed by atoms with Gasteiger partial charge in [-0.1, -0.05) is 11.6 Å². The zero-order valence-electron chi connectivity index (χ0n) is 6.58. The molecule has 14 heavy (non-hydrogen) atoms. The van der Waals surface area contributed by atoms with Crippen LogP contribution in [0.1, 0.15) is 12.1 Å². The maximum absolute atomic E-state index is 12.1. The summed E-state index contributed by atoms with van der Waals surface area (Å²) >= 11 is 5.39. The summed E-state index contributed by atoms with van der Waals surface area (Å²) < 4.78 is 28.5. The van der Waals surface area contributed by atoms with Crippen molar-refractivity contribution in [1.29, 1.82) is 0 Å². The molecule has 1 amide bonds. The number of rotatable bonds is 2. The molecule has 0 aliphatic rings. The van der Waals surface area contributed by atoms with E-state index >= 15 is 0 Å². The van der Waals surface area contributed by atoms with Crippen LogP contribution in [0.5, 0.6) is 5.75 Å². The molecule has 0 aromatic carbocycles. The average molecular weight is 224 g/mol. The van der Waals surface area contributed by atoms with Crippen molar-refractivity contribution in [2.75, 3.05) is 0 Å². The third kappa shape index (κ3) is 2.49. The van der Waals surface area contributed by atoms with E-state index in [2.05, 4.69) is 20.7 Å². The van der Waals surface area contributed by atoms with E-state index in [0.29, 0.717) is 0 Å². The molecular formula is C6H4ClF2N3O2. The molecule has 0 aliphatic heterocycles. The Bertz CT molecular complexity index is 361. The highest BCUT2D eigenvalue weighted by Gasteiger charge is 2.15. The first kappa shape index (κ1) is 10.6. The van der Waals surface area contributed by atoms with Gasteiger partial charge in [-0.3, -0.25) is 0 Å². The summed E-state index contributed by atoms with van der Waals surface area (Å²) in [7, 11) is 0. The Morgan fingerprint density at radius 1 is 1.57 bits per heavy atom. The van der Waals surface area contributed by atoms with Crippen LogP contribution in [-0.4, -0.2) is 16.3 Å². The SMILES string of the molecule is NC(=O)Oc1cc(C(F)F)nnc1Cl. The molecule has 0 saturated heterocycles. The average Bonchev–Trinajstić information content (AvgIpc) is 2.07. The second-order valence-corrected chi connectivity index (χ2v) is 2.50. The molecule has 76 valence electrons. The van der Waals surface area contributed by atoms with E-state index in [9.17, 15) is 13.6 Å². The summed E-state index contributed by atoms with van der Waals surface area (Å²) in [5, 5.41) is 5.93. The van der Waals surface area contributed by atoms with Gasteiger partial charge >= 0.3 is 6.09 Å². The normalized spacial score (nSPS) is 10.3. The number of nitrogens with zero attached hydrogens (tertiary/aromatic N) is 2. The van der Waals surface area contributed by atoms with E-state index < -0.39 is 18.2 Å². The fourth-order valence-corrected chi connectivity index (χ4v) is 0.791. The van der Waals surface area contributed by atoms with Crippen LogP contribution in [0.4, 0.5) is 13.6 Å². The lowest BCUT2D eigenvalue weighted by Crippen LogP contribution is -2.17. The van der Waals surface area contributed by atoms with E-state index in [-0.39, 0.29) is 10.9 Å². The number of hydrogen-bond acceptors (Lipinski definition) is 4. The van der Waals surface area contributed by atoms with Crippen molar-refractivity contribution in [1.82, 2.24) is 10.2 Å². The van der Waals surface area contributed by atoms with E-state index in [1.807, 2.05) is 0 Å². The number of alkyl halides is 2. The number of carbonyl (C=O) groups is 1. The molecule has 2 N–H and O–H groups in total. The molecule has 0 atom stereocenters. The van der Waals surface area contributed by atoms with Gasteiger partial charge in [-0.2, -0.15) is 0 Å². The Morgan fingerprint density at radius 2 is 2.21 bits per heavy atom. The van der Waals surface area contributed by atoms with Crippen LogP contribution in [0.3, 0.4) is 0 Å². The summed E-state index contributed by atoms with van der Waals surface area (Å²) in [6.07, 6.45) is -3.99. The van der Waals surface area contributed by atoms with Gasteiger partial charge in [-0.05, 0) is 0 Å². The van der Waals surface area contributed by atoms with Gasteiger partial charge in [0.05, 0.1) is 0 Å². The molecule has 1 aromatic heterocycles. The van der Waals surface area contributed by atoms with Crippen LogP contribution in [-0.2, 0) is 0 Å². The monoisotopic (exact) mass is 223 g/mol. The molecule has 1 rings (SSSR count). The van der Waals surface area contributed by atoms with E-state index in [1.54, 1.807) is 0 Å². The van der Waals surface area contributed by atoms with Crippen LogP contribution >= 0.6 is 11.6 Å². The number of carbonyl (C=O) groups excluding carboxylic acids is 1. The third-order valence-corrected chi connectivity index (χ3v) is 1.43. The smallest absolute Gasteiger partial charge is 0.407 e. The maximum atomic E-state index is 12.1. The van der Waals surface area contributed by atoms with Gasteiger partial charge in [0, 0.05) is 6.07 Å². The zero-order chi connectivity index (χ0) is 10.7. The lowest BCUT2D eigenvalue weighted by atomic mass is 10.4. The largest absolute Gasteiger partial charge is 0.410 e. The first-order valence-electron chi connectivity index (χ1n) is 3.29. The zero-order valence-corrected chi connectivity index (χ0v) is 7.33. The van der Waals surface area contributed by atoms with E-state index in [4.69, 9.17) is 11.6 Å². The first-order chi connectivity index (χ1) is 6.50. The minimum atomic E-state index is -2.82. The molecule has 5 nitrogen and oxygen atoms in total. The molecule has 0 saturated carbocycles. The van der Waals surface area contributed by atoms with Gasteiger partial charge in [0.2, 0.25) is 0 Å². The van der Waals surface area contributed by atoms with Gasteiger partial charge in [0.1, 0.15) is 5.69 Å². The summed E-state index contributed by atoms with van der Waals surface area (Å²) in [4.78, 5) is 10.3. The van der Waals surface area contributed by atoms with E-state index in [1.165, 1.54) is 0 Å². The number of amides is 1. The molecule has 1 heterocycles. The quantitative estimate of drug-likeness (QED) is 0.825. The first-order valence-corrected chi connectivity index (χ1v) is 3.67. The van der Waals surface area contributed by atoms with Crippen molar-refractivity contribution in [3.63, 3.8) is 0 Å². The van der Waals surface area contributed by atoms with Crippen molar-refractivity contribution in [2.45, 2.75) is 6.43 Å². The fraction of sp³-hybridized carbons (Fsp3) is 0.167. The van der Waals surface area contributed by atoms with Crippen molar-refractivity contribution in [2.24, 2.45) is 5.73 Å². The molecule has 0 fully saturated rings. The molecule has 0 bridgehead atoms. The Hall–Kier alpha value is -1.50. The predicted octanol–water partition coefficient (Wildman–Crippen LogP) is 1.53. The number of aromatic nitrogens is 2. The Morgan fingerprint density at radius 3 is 2.71 bits per heavy atom. The van der Waals surface area contributed by atoms with Crippen molar-refractivity contribution in [3.8, 4) is 5.75 Å². The maximum Gasteiger partial charge on any atom is 0.410 e. The van der Waals surface area contributed by atoms with Gasteiger partial charge in [-0.15, -0.1) is 10.2 Å². The summed E-state index contributed by atoms with van der Waals surface area (Å²) in [6, 6.07) is 0.796. The number of primary amides is 1. The summed E-state index contributed by atoms with van der Waals surface area (Å²) in [5.74, 6) is -0.343. The molecule has 0 unspecified atom stereocenters. The number of ether oxygens (including phenoxy) is 1. The second-order valence-electron chi connectivity index (χ2n) is 2.15. The summed E-state index contributed by atoms with van der Waals surface area (Å²) in [6.45, 7) is 0. The molecule has 8 heteroatoms. The predicted molar refractivity (Wildman–Crippen MR) is 42.2 cm³/mol. The Balaban J connectivity index is 3.02. The molecular weight excluding hydrogens is 220 g/mol. The summed E-state index contributed by atoms with van der Waals surface area (Å²) in [5.41, 5.74) is 4.02. The third-order valence-electron chi connectivity index (χ3n) is 1.17. The second kappa shape index (κ2) is 4.14. The van der Waals surface area contributed by atoms with Crippen LogP contribution in [0.25, 0.3) is 0 Å². The highest BCUT2D eigenvalue weighted by molar-refractivity contribution is 6.30. The van der Waals surface area contributed by atoms with Crippen molar-refractivity contribution < 1.29 is 18.3 Å². The molecule has 0 radical (unpaired) electrons. The minimum absolute atomic E-state index is 0.312. The lowest BCUT2D eigenvalue weighted by molar-refractivity contribution is 0.144. The van der Waals surface area contributed by atoms with Crippen LogP contribution in [0.15, 0.2) is 6.07 Å². The van der Waals surface area contributed by atoms with Gasteiger partial charge in [0.25, 0.3) is 6.43 Å². The molecule has 1 aromatic rings. The van der Waals surface area contributed by atoms with Crippen molar-refractivity contribution in [3.05, 3.63) is 16.9 Å². The van der Waals surface area contributed by atoms with Crippen molar-refractivity contribution >= 4 is 17.7 Å². The topological polar surface area (TPSA) is 78.1 Å². The highest BCUT2D eigenvalue weighted by Crippen LogP contribution is 2.25. The number of hydrogen-bond donors (Lipinski definition) is 1. The standard InChI is InChI=1S/C6H4ClF2N3O2/c7-4-3(14-6(10)13)1-2(5(8)9)11-12-4/h1,5H,(H2,10,13). The minimum Gasteiger partial charge on any atom is -0.407 e. The van der Waals surface area contributed by atoms with Gasteiger partial charge in [-0.25, -0.2) is 13.6 Å². The number of nitrogens with two attached hydrogens (primary N) is 1. The lowest BCUT2D eigenvalue weighted by Gasteiger charge is -2.03. The Labute approximate surface area is 81.8 Å². The van der Waals surface area contributed by atoms with Gasteiger partial charge < -0.3 is 10.5 Å². The Kier molecular flexibility index (Phi) is 3.13. The van der Waals surface area contributed by atoms with E-state index in [0.717, 1.165) is 6.07 Å². The van der Waals surface area contributed by atoms with Crippen LogP contribution in [0.2, 0.25) is 5.15 Å².